The average Bonchev–Trinajstić information content (AvgIpc) is 3.40. The Hall–Kier alpha value is -3.79. The van der Waals surface area contributed by atoms with Gasteiger partial charge in [-0.25, -0.2) is 18.4 Å². The summed E-state index contributed by atoms with van der Waals surface area (Å²) >= 11 is 0. The van der Waals surface area contributed by atoms with Gasteiger partial charge in [0.2, 0.25) is 6.39 Å². The molecule has 0 N–H and O–H groups in total. The number of benzene rings is 2. The molecule has 176 valence electrons. The SMILES string of the molecule is O=C1O[C@@H](Cn2ncoc2=O)CN1c1cc(F)c(C2=CCN(Cc3ccccc3)CC2)c(F)c1. The number of anilines is 1. The molecule has 5 rings (SSSR count). The van der Waals surface area contributed by atoms with E-state index in [1.165, 1.54) is 5.56 Å². The molecular weight excluding hydrogens is 446 g/mol. The minimum Gasteiger partial charge on any atom is -0.442 e. The van der Waals surface area contributed by atoms with E-state index < -0.39 is 29.6 Å². The zero-order chi connectivity index (χ0) is 23.7. The van der Waals surface area contributed by atoms with Gasteiger partial charge in [-0.3, -0.25) is 9.80 Å². The summed E-state index contributed by atoms with van der Waals surface area (Å²) in [6, 6.07) is 12.3. The third-order valence-corrected chi connectivity index (χ3v) is 6.00. The zero-order valence-electron chi connectivity index (χ0n) is 18.2. The van der Waals surface area contributed by atoms with Gasteiger partial charge in [0.15, 0.2) is 0 Å². The normalized spacial score (nSPS) is 18.8. The van der Waals surface area contributed by atoms with Crippen molar-refractivity contribution in [1.29, 1.82) is 0 Å². The lowest BCUT2D eigenvalue weighted by Crippen LogP contribution is -2.29. The minimum atomic E-state index is -0.749. The summed E-state index contributed by atoms with van der Waals surface area (Å²) in [4.78, 5) is 27.2. The molecule has 0 unspecified atom stereocenters. The fraction of sp³-hybridized carbons (Fsp3) is 0.292. The molecule has 2 aromatic carbocycles. The van der Waals surface area contributed by atoms with E-state index in [1.807, 2.05) is 24.3 Å². The van der Waals surface area contributed by atoms with E-state index in [2.05, 4.69) is 26.5 Å². The van der Waals surface area contributed by atoms with Crippen LogP contribution in [0.1, 0.15) is 17.5 Å². The summed E-state index contributed by atoms with van der Waals surface area (Å²) in [5.41, 5.74) is 1.78. The molecule has 1 saturated heterocycles. The molecule has 1 amide bonds. The zero-order valence-corrected chi connectivity index (χ0v) is 18.2. The van der Waals surface area contributed by atoms with Crippen LogP contribution < -0.4 is 10.7 Å². The maximum absolute atomic E-state index is 15.0. The molecule has 1 atom stereocenters. The van der Waals surface area contributed by atoms with E-state index in [0.717, 1.165) is 34.7 Å². The maximum Gasteiger partial charge on any atom is 0.437 e. The van der Waals surface area contributed by atoms with E-state index in [-0.39, 0.29) is 24.3 Å². The van der Waals surface area contributed by atoms with Gasteiger partial charge in [-0.05, 0) is 29.7 Å². The van der Waals surface area contributed by atoms with Crippen molar-refractivity contribution in [2.24, 2.45) is 0 Å². The van der Waals surface area contributed by atoms with E-state index in [1.54, 1.807) is 0 Å². The standard InChI is InChI=1S/C24H22F2N4O4/c25-20-10-18(29-13-19(34-23(29)31)14-30-24(32)33-15-27-30)11-21(26)22(20)17-6-8-28(9-7-17)12-16-4-2-1-3-5-16/h1-6,10-11,15,19H,7-9,12-14H2/t19-/m1/s1. The first-order valence-electron chi connectivity index (χ1n) is 10.9. The first-order chi connectivity index (χ1) is 16.5. The largest absolute Gasteiger partial charge is 0.442 e. The van der Waals surface area contributed by atoms with Gasteiger partial charge in [0.1, 0.15) is 17.7 Å². The van der Waals surface area contributed by atoms with Crippen LogP contribution in [0.25, 0.3) is 5.57 Å². The van der Waals surface area contributed by atoms with Crippen molar-refractivity contribution in [3.05, 3.63) is 88.2 Å². The lowest BCUT2D eigenvalue weighted by atomic mass is 9.97. The number of cyclic esters (lactones) is 1. The van der Waals surface area contributed by atoms with Crippen LogP contribution >= 0.6 is 0 Å². The van der Waals surface area contributed by atoms with Gasteiger partial charge in [-0.1, -0.05) is 36.4 Å². The number of rotatable bonds is 6. The summed E-state index contributed by atoms with van der Waals surface area (Å²) in [5.74, 6) is -2.15. The highest BCUT2D eigenvalue weighted by Gasteiger charge is 2.34. The Balaban J connectivity index is 1.29. The summed E-state index contributed by atoms with van der Waals surface area (Å²) in [6.45, 7) is 2.04. The molecule has 0 saturated carbocycles. The molecule has 0 radical (unpaired) electrons. The van der Waals surface area contributed by atoms with E-state index in [9.17, 15) is 9.59 Å². The predicted molar refractivity (Wildman–Crippen MR) is 119 cm³/mol. The number of carbonyl (C=O) groups is 1. The molecule has 0 bridgehead atoms. The third kappa shape index (κ3) is 4.49. The van der Waals surface area contributed by atoms with Gasteiger partial charge in [0, 0.05) is 25.2 Å². The van der Waals surface area contributed by atoms with Gasteiger partial charge < -0.3 is 9.15 Å². The van der Waals surface area contributed by atoms with Gasteiger partial charge in [0.25, 0.3) is 0 Å². The first-order valence-corrected chi connectivity index (χ1v) is 10.9. The molecule has 34 heavy (non-hydrogen) atoms. The maximum atomic E-state index is 15.0. The van der Waals surface area contributed by atoms with Crippen LogP contribution in [0, 0.1) is 11.6 Å². The molecule has 0 spiro atoms. The molecular formula is C24H22F2N4O4. The van der Waals surface area contributed by atoms with Crippen LogP contribution in [0.5, 0.6) is 0 Å². The smallest absolute Gasteiger partial charge is 0.437 e. The van der Waals surface area contributed by atoms with E-state index in [4.69, 9.17) is 4.74 Å². The highest BCUT2D eigenvalue weighted by atomic mass is 19.1. The second kappa shape index (κ2) is 9.22. The molecule has 8 nitrogen and oxygen atoms in total. The van der Waals surface area contributed by atoms with E-state index >= 15 is 8.78 Å². The molecule has 10 heteroatoms. The Morgan fingerprint density at radius 1 is 1.09 bits per heavy atom. The minimum absolute atomic E-state index is 0.0208. The molecule has 2 aliphatic rings. The topological polar surface area (TPSA) is 80.8 Å². The van der Waals surface area contributed by atoms with Crippen LogP contribution in [0.2, 0.25) is 0 Å². The fourth-order valence-corrected chi connectivity index (χ4v) is 4.32. The average molecular weight is 468 g/mol. The van der Waals surface area contributed by atoms with Gasteiger partial charge in [0.05, 0.1) is 18.8 Å². The summed E-state index contributed by atoms with van der Waals surface area (Å²) in [7, 11) is 0. The highest BCUT2D eigenvalue weighted by Crippen LogP contribution is 2.32. The highest BCUT2D eigenvalue weighted by molar-refractivity contribution is 5.90. The van der Waals surface area contributed by atoms with Crippen LogP contribution in [0.4, 0.5) is 19.3 Å². The molecule has 3 aromatic rings. The Morgan fingerprint density at radius 2 is 1.85 bits per heavy atom. The van der Waals surface area contributed by atoms with Gasteiger partial charge in [-0.2, -0.15) is 4.68 Å². The number of ether oxygens (including phenoxy) is 1. The Morgan fingerprint density at radius 3 is 2.50 bits per heavy atom. The number of halogens is 2. The number of aromatic nitrogens is 2. The third-order valence-electron chi connectivity index (χ3n) is 6.00. The molecule has 0 aliphatic carbocycles. The van der Waals surface area contributed by atoms with E-state index in [0.29, 0.717) is 25.1 Å². The second-order valence-corrected chi connectivity index (χ2v) is 8.29. The van der Waals surface area contributed by atoms with Crippen molar-refractivity contribution in [2.75, 3.05) is 24.5 Å². The molecule has 2 aliphatic heterocycles. The molecule has 1 fully saturated rings. The monoisotopic (exact) mass is 468 g/mol. The molecule has 1 aromatic heterocycles. The van der Waals surface area contributed by atoms with Crippen molar-refractivity contribution in [1.82, 2.24) is 14.7 Å². The fourth-order valence-electron chi connectivity index (χ4n) is 4.32. The van der Waals surface area contributed by atoms with Crippen molar-refractivity contribution < 1.29 is 22.7 Å². The van der Waals surface area contributed by atoms with Crippen LogP contribution in [-0.4, -0.2) is 46.5 Å². The van der Waals surface area contributed by atoms with Crippen molar-refractivity contribution in [2.45, 2.75) is 25.6 Å². The van der Waals surface area contributed by atoms with Gasteiger partial charge >= 0.3 is 11.8 Å². The first kappa shape index (κ1) is 22.0. The van der Waals surface area contributed by atoms with Crippen LogP contribution in [-0.2, 0) is 17.8 Å². The summed E-state index contributed by atoms with van der Waals surface area (Å²) < 4.78 is 40.9. The number of hydrogen-bond donors (Lipinski definition) is 0. The van der Waals surface area contributed by atoms with Gasteiger partial charge in [-0.15, -0.1) is 5.10 Å². The van der Waals surface area contributed by atoms with Crippen LogP contribution in [0.15, 0.2) is 64.1 Å². The number of nitrogens with zero attached hydrogens (tertiary/aromatic N) is 4. The lowest BCUT2D eigenvalue weighted by molar-refractivity contribution is 0.128. The molecule has 3 heterocycles. The quantitative estimate of drug-likeness (QED) is 0.552. The number of carbonyl (C=O) groups excluding carboxylic acids is 1. The van der Waals surface area contributed by atoms with Crippen molar-refractivity contribution in [3.8, 4) is 0 Å². The Labute approximate surface area is 193 Å². The second-order valence-electron chi connectivity index (χ2n) is 8.29. The number of amides is 1. The Kier molecular flexibility index (Phi) is 5.97. The summed E-state index contributed by atoms with van der Waals surface area (Å²) in [6.07, 6.45) is 1.89. The van der Waals surface area contributed by atoms with Crippen LogP contribution in [0.3, 0.4) is 0 Å². The predicted octanol–water partition coefficient (Wildman–Crippen LogP) is 3.43. The number of hydrogen-bond acceptors (Lipinski definition) is 6. The van der Waals surface area contributed by atoms with Crippen molar-refractivity contribution in [3.63, 3.8) is 0 Å². The summed E-state index contributed by atoms with van der Waals surface area (Å²) in [5, 5.41) is 3.72. The Bertz CT molecular complexity index is 1260. The lowest BCUT2D eigenvalue weighted by Gasteiger charge is -2.27. The van der Waals surface area contributed by atoms with Crippen molar-refractivity contribution >= 4 is 17.4 Å².